The Morgan fingerprint density at radius 2 is 0.481 bits per heavy atom. The third-order valence-corrected chi connectivity index (χ3v) is 22.2. The molecule has 14 aromatic carbocycles. The van der Waals surface area contributed by atoms with E-state index in [4.69, 9.17) is 28.4 Å². The molecule has 0 aromatic heterocycles. The maximum Gasteiger partial charge on any atom is 0.256 e. The minimum Gasteiger partial charge on any atom is -0.497 e. The molecule has 0 saturated heterocycles. The second-order valence-corrected chi connectivity index (χ2v) is 30.5. The lowest BCUT2D eigenvalue weighted by molar-refractivity contribution is 0.0925. The molecule has 0 aliphatic heterocycles. The van der Waals surface area contributed by atoms with E-state index in [9.17, 15) is 57.5 Å². The first-order valence-corrected chi connectivity index (χ1v) is 41.8. The number of nitrogens with one attached hydrogen (secondary N) is 4. The van der Waals surface area contributed by atoms with Crippen LogP contribution in [-0.4, -0.2) is 105 Å². The van der Waals surface area contributed by atoms with Crippen molar-refractivity contribution in [2.45, 2.75) is 13.8 Å². The molecule has 0 saturated carbocycles. The Morgan fingerprint density at radius 3 is 0.842 bits per heavy atom. The van der Waals surface area contributed by atoms with Crippen molar-refractivity contribution in [1.29, 1.82) is 0 Å². The van der Waals surface area contributed by atoms with Gasteiger partial charge in [-0.1, -0.05) is 230 Å². The minimum absolute atomic E-state index is 0.0182. The summed E-state index contributed by atoms with van der Waals surface area (Å²) in [6.45, 7) is 3.80. The number of para-hydroxylation sites is 1. The zero-order chi connectivity index (χ0) is 93.5. The van der Waals surface area contributed by atoms with E-state index in [0.717, 1.165) is 16.7 Å². The molecule has 14 aromatic rings. The SMILES string of the molecule is COc1ccc(C2=C(NC(=O)c3ccc(C)cc3)C(=O)c3ccccc3C2=O)cc1.COc1ccc(C2=C(NC(=O)c3ccc(OC)cc3-c3cccc(OC)c3)C(=O)c3ccccc3C2=O)cc1.COc1ccc(C2=C(NC(=O)c3cccc(C)c3)C(=O)c3ccccc3C2=O)cc1.O=C(NC1=C(c2ccc(Oc3ccccc3)cc2)C(=O)c2ccccc2C1=O)c1ccccc1. The third kappa shape index (κ3) is 19.5. The summed E-state index contributed by atoms with van der Waals surface area (Å²) in [7, 11) is 7.75. The molecule has 133 heavy (non-hydrogen) atoms. The number of hydrogen-bond donors (Lipinski definition) is 4. The van der Waals surface area contributed by atoms with Crippen LogP contribution in [0.2, 0.25) is 0 Å². The molecule has 0 spiro atoms. The van der Waals surface area contributed by atoms with Crippen molar-refractivity contribution < 1.29 is 86.0 Å². The van der Waals surface area contributed by atoms with E-state index in [1.54, 1.807) is 321 Å². The lowest BCUT2D eigenvalue weighted by Crippen LogP contribution is -2.34. The number of carbonyl (C=O) groups excluding carboxylic acids is 12. The Balaban J connectivity index is 0.000000136. The summed E-state index contributed by atoms with van der Waals surface area (Å²) >= 11 is 0. The van der Waals surface area contributed by atoms with Gasteiger partial charge in [-0.3, -0.25) is 57.5 Å². The molecule has 4 aliphatic carbocycles. The number of benzene rings is 14. The van der Waals surface area contributed by atoms with Crippen LogP contribution in [0.3, 0.4) is 0 Å². The number of hydrogen-bond acceptors (Lipinski definition) is 18. The van der Waals surface area contributed by atoms with Gasteiger partial charge in [-0.15, -0.1) is 0 Å². The molecule has 18 rings (SSSR count). The standard InChI is InChI=1S/C32H25NO6.C29H19NO4.2C25H19NO4/c1-37-21-13-11-19(12-14-21)28-29(31(35)25-10-5-4-9-24(25)30(28)34)33-32(36)26-16-15-23(39-3)18-27(26)20-7-6-8-22(17-20)38-2;31-27-23-13-7-8-14-24(23)28(32)26(30-29(33)20-9-3-1-4-10-20)25(27)19-15-17-22(18-16-19)34-21-11-5-2-6-12-21;1-15-6-5-7-17(14-15)25(29)26-22-21(16-10-12-18(30-2)13-11-16)23(27)19-8-3-4-9-20(19)24(22)28;1-15-7-9-17(10-8-15)25(29)26-22-21(16-11-13-18(30-2)14-12-16)23(27)19-5-3-4-6-20(19)24(22)28/h4-18H,1-3H3,(H,33,36);1-18H,(H,30,33);2*3-14H,1-2H3,(H,26,29). The highest BCUT2D eigenvalue weighted by molar-refractivity contribution is 6.44. The fourth-order valence-corrected chi connectivity index (χ4v) is 15.4. The highest BCUT2D eigenvalue weighted by Gasteiger charge is 2.39. The van der Waals surface area contributed by atoms with Gasteiger partial charge in [-0.25, -0.2) is 0 Å². The summed E-state index contributed by atoms with van der Waals surface area (Å²) in [6.07, 6.45) is 0. The van der Waals surface area contributed by atoms with Crippen LogP contribution in [-0.2, 0) is 0 Å². The van der Waals surface area contributed by atoms with Crippen LogP contribution in [0.15, 0.2) is 369 Å². The highest BCUT2D eigenvalue weighted by atomic mass is 16.5. The fourth-order valence-electron chi connectivity index (χ4n) is 15.4. The first-order chi connectivity index (χ1) is 64.5. The number of amides is 4. The summed E-state index contributed by atoms with van der Waals surface area (Å²) in [5.41, 5.74) is 9.54. The van der Waals surface area contributed by atoms with Crippen molar-refractivity contribution in [1.82, 2.24) is 21.3 Å². The quantitative estimate of drug-likeness (QED) is 0.0551. The van der Waals surface area contributed by atoms with Gasteiger partial charge in [-0.05, 0) is 175 Å². The molecule has 654 valence electrons. The van der Waals surface area contributed by atoms with Gasteiger partial charge in [0.1, 0.15) is 63.0 Å². The van der Waals surface area contributed by atoms with Crippen molar-refractivity contribution >= 4 is 92.2 Å². The first kappa shape index (κ1) is 89.9. The second kappa shape index (κ2) is 40.4. The summed E-state index contributed by atoms with van der Waals surface area (Å²) in [5.74, 6) is -0.534. The number of Topliss-reactive ketones (excluding diaryl/α,β-unsaturated/α-hetero) is 8. The van der Waals surface area contributed by atoms with Crippen molar-refractivity contribution in [2.24, 2.45) is 0 Å². The molecule has 0 heterocycles. The topological polar surface area (TPSA) is 308 Å². The van der Waals surface area contributed by atoms with Crippen LogP contribution in [0.5, 0.6) is 40.2 Å². The van der Waals surface area contributed by atoms with E-state index in [1.807, 2.05) is 74.5 Å². The smallest absolute Gasteiger partial charge is 0.256 e. The third-order valence-electron chi connectivity index (χ3n) is 22.2. The molecule has 0 radical (unpaired) electrons. The van der Waals surface area contributed by atoms with Crippen LogP contribution < -0.4 is 49.7 Å². The van der Waals surface area contributed by atoms with Crippen LogP contribution in [0.4, 0.5) is 0 Å². The van der Waals surface area contributed by atoms with Crippen LogP contribution in [0.1, 0.15) is 158 Å². The molecule has 22 heteroatoms. The number of methoxy groups -OCH3 is 5. The molecule has 0 unspecified atom stereocenters. The second-order valence-electron chi connectivity index (χ2n) is 30.5. The van der Waals surface area contributed by atoms with E-state index in [-0.39, 0.29) is 96.0 Å². The van der Waals surface area contributed by atoms with E-state index in [0.29, 0.717) is 107 Å². The Labute approximate surface area is 764 Å². The lowest BCUT2D eigenvalue weighted by atomic mass is 9.84. The van der Waals surface area contributed by atoms with Crippen molar-refractivity contribution in [3.05, 3.63) is 469 Å². The first-order valence-electron chi connectivity index (χ1n) is 41.8. The summed E-state index contributed by atoms with van der Waals surface area (Å²) in [4.78, 5) is 160. The summed E-state index contributed by atoms with van der Waals surface area (Å²) in [5, 5.41) is 10.9. The Kier molecular flexibility index (Phi) is 27.3. The zero-order valence-electron chi connectivity index (χ0n) is 72.8. The average Bonchev–Trinajstić information content (AvgIpc) is 0.772. The summed E-state index contributed by atoms with van der Waals surface area (Å²) < 4.78 is 32.2. The molecule has 4 amide bonds. The highest BCUT2D eigenvalue weighted by Crippen LogP contribution is 2.40. The molecule has 4 aliphatic rings. The van der Waals surface area contributed by atoms with Crippen molar-refractivity contribution in [3.63, 3.8) is 0 Å². The number of ketones is 8. The van der Waals surface area contributed by atoms with Crippen LogP contribution in [0, 0.1) is 13.8 Å². The number of rotatable bonds is 20. The maximum absolute atomic E-state index is 13.8. The monoisotopic (exact) mass is 1760 g/mol. The molecular formula is C111H82N4O18. The average molecular weight is 1760 g/mol. The number of carbonyl (C=O) groups is 12. The van der Waals surface area contributed by atoms with Crippen molar-refractivity contribution in [3.8, 4) is 51.4 Å². The van der Waals surface area contributed by atoms with Crippen molar-refractivity contribution in [2.75, 3.05) is 35.5 Å². The van der Waals surface area contributed by atoms with Gasteiger partial charge in [0, 0.05) is 66.8 Å². The van der Waals surface area contributed by atoms with Gasteiger partial charge in [0.2, 0.25) is 23.1 Å². The van der Waals surface area contributed by atoms with Gasteiger partial charge < -0.3 is 49.7 Å². The van der Waals surface area contributed by atoms with E-state index >= 15 is 0 Å². The Morgan fingerprint density at radius 1 is 0.203 bits per heavy atom. The molecule has 22 nitrogen and oxygen atoms in total. The predicted molar refractivity (Wildman–Crippen MR) is 504 cm³/mol. The number of allylic oxidation sites excluding steroid dienone is 8. The van der Waals surface area contributed by atoms with Crippen LogP contribution in [0.25, 0.3) is 33.4 Å². The molecule has 0 atom stereocenters. The largest absolute Gasteiger partial charge is 0.497 e. The zero-order valence-corrected chi connectivity index (χ0v) is 72.8. The number of ether oxygens (including phenoxy) is 6. The Bertz CT molecular complexity index is 7150. The van der Waals surface area contributed by atoms with Crippen LogP contribution >= 0.6 is 0 Å². The molecule has 4 N–H and O–H groups in total. The molecule has 0 bridgehead atoms. The molecular weight excluding hydrogens is 1680 g/mol. The van der Waals surface area contributed by atoms with Gasteiger partial charge in [0.15, 0.2) is 23.1 Å². The lowest BCUT2D eigenvalue weighted by Gasteiger charge is -2.22. The predicted octanol–water partition coefficient (Wildman–Crippen LogP) is 19.7. The normalized spacial score (nSPS) is 12.9. The van der Waals surface area contributed by atoms with E-state index in [2.05, 4.69) is 21.3 Å². The molecule has 0 fully saturated rings. The summed E-state index contributed by atoms with van der Waals surface area (Å²) in [6, 6.07) is 98.0. The van der Waals surface area contributed by atoms with Gasteiger partial charge in [0.25, 0.3) is 23.6 Å². The number of fused-ring (bicyclic) bond motifs is 4. The maximum atomic E-state index is 13.8. The van der Waals surface area contributed by atoms with E-state index < -0.39 is 46.8 Å². The minimum atomic E-state index is -0.544. The van der Waals surface area contributed by atoms with Gasteiger partial charge >= 0.3 is 0 Å². The van der Waals surface area contributed by atoms with E-state index in [1.165, 1.54) is 0 Å². The number of aryl methyl sites for hydroxylation is 2. The van der Waals surface area contributed by atoms with Gasteiger partial charge in [-0.2, -0.15) is 0 Å². The Hall–Kier alpha value is -17.9. The fraction of sp³-hybridized carbons (Fsp3) is 0.0631. The van der Waals surface area contributed by atoms with Gasteiger partial charge in [0.05, 0.1) is 57.8 Å².